The van der Waals surface area contributed by atoms with Crippen molar-refractivity contribution in [1.29, 1.82) is 0 Å². The van der Waals surface area contributed by atoms with Gasteiger partial charge in [0.15, 0.2) is 0 Å². The summed E-state index contributed by atoms with van der Waals surface area (Å²) in [6.45, 7) is 8.84. The fraction of sp³-hybridized carbons (Fsp3) is 0.600. The molecule has 1 aliphatic carbocycles. The number of benzene rings is 1. The molecule has 1 unspecified atom stereocenters. The van der Waals surface area contributed by atoms with Crippen molar-refractivity contribution in [3.8, 4) is 0 Å². The van der Waals surface area contributed by atoms with E-state index in [0.29, 0.717) is 34.7 Å². The molecular formula is C25H38ClN5O2. The highest BCUT2D eigenvalue weighted by molar-refractivity contribution is 6.31. The molecule has 1 heterocycles. The Labute approximate surface area is 201 Å². The van der Waals surface area contributed by atoms with Crippen molar-refractivity contribution in [2.75, 3.05) is 19.4 Å². The first kappa shape index (κ1) is 25.4. The van der Waals surface area contributed by atoms with Gasteiger partial charge in [0.2, 0.25) is 0 Å². The molecule has 0 saturated heterocycles. The third-order valence-electron chi connectivity index (χ3n) is 7.27. The predicted octanol–water partition coefficient (Wildman–Crippen LogP) is 4.32. The number of carbonyl (C=O) groups is 1. The minimum atomic E-state index is -0.236. The summed E-state index contributed by atoms with van der Waals surface area (Å²) in [5.74, 6) is 0.356. The molecule has 0 radical (unpaired) electrons. The van der Waals surface area contributed by atoms with Gasteiger partial charge in [0.05, 0.1) is 12.1 Å². The van der Waals surface area contributed by atoms with Crippen LogP contribution in [0.5, 0.6) is 0 Å². The summed E-state index contributed by atoms with van der Waals surface area (Å²) in [5, 5.41) is 9.83. The maximum atomic E-state index is 13.0. The number of carbonyl (C=O) groups excluding carboxylic acids is 1. The second kappa shape index (κ2) is 10.8. The van der Waals surface area contributed by atoms with E-state index in [1.807, 2.05) is 26.8 Å². The summed E-state index contributed by atoms with van der Waals surface area (Å²) in [5.41, 5.74) is 3.52. The summed E-state index contributed by atoms with van der Waals surface area (Å²) in [6, 6.07) is 4.54. The second-order valence-corrected chi connectivity index (χ2v) is 9.96. The van der Waals surface area contributed by atoms with Crippen molar-refractivity contribution >= 4 is 23.2 Å². The molecule has 7 nitrogen and oxygen atoms in total. The van der Waals surface area contributed by atoms with Gasteiger partial charge in [-0.05, 0) is 91.1 Å². The molecule has 182 valence electrons. The molecule has 1 aromatic heterocycles. The molecule has 0 bridgehead atoms. The van der Waals surface area contributed by atoms with Gasteiger partial charge in [0.25, 0.3) is 11.5 Å². The molecule has 1 atom stereocenters. The average Bonchev–Trinajstić information content (AvgIpc) is 3.06. The van der Waals surface area contributed by atoms with Gasteiger partial charge in [-0.3, -0.25) is 19.4 Å². The number of nitrogens with one attached hydrogen (secondary N) is 3. The van der Waals surface area contributed by atoms with Crippen LogP contribution in [0.1, 0.15) is 66.7 Å². The lowest BCUT2D eigenvalue weighted by atomic mass is 9.81. The summed E-state index contributed by atoms with van der Waals surface area (Å²) in [4.78, 5) is 27.5. The molecule has 1 aliphatic rings. The van der Waals surface area contributed by atoms with Crippen molar-refractivity contribution in [3.05, 3.63) is 49.9 Å². The van der Waals surface area contributed by atoms with Gasteiger partial charge < -0.3 is 15.5 Å². The molecule has 0 spiro atoms. The number of aromatic nitrogens is 2. The zero-order chi connectivity index (χ0) is 24.3. The topological polar surface area (TPSA) is 82.2 Å². The summed E-state index contributed by atoms with van der Waals surface area (Å²) >= 11 is 6.40. The first-order chi connectivity index (χ1) is 15.6. The number of nitrogens with zero attached hydrogens (tertiary/aromatic N) is 2. The van der Waals surface area contributed by atoms with Gasteiger partial charge in [-0.1, -0.05) is 11.6 Å². The fourth-order valence-corrected chi connectivity index (χ4v) is 5.15. The minimum Gasteiger partial charge on any atom is -0.382 e. The molecular weight excluding hydrogens is 438 g/mol. The zero-order valence-electron chi connectivity index (χ0n) is 20.7. The minimum absolute atomic E-state index is 0.169. The fourth-order valence-electron chi connectivity index (χ4n) is 4.94. The van der Waals surface area contributed by atoms with Gasteiger partial charge >= 0.3 is 0 Å². The number of halogens is 1. The largest absolute Gasteiger partial charge is 0.382 e. The second-order valence-electron chi connectivity index (χ2n) is 9.52. The Hall–Kier alpha value is -2.25. The standard InChI is InChI=1S/C25H38ClN5O2/c1-7-31-17(4)22(25(33)29-31)14-27-24(32)21-12-19(26)13-23(15(21)2)28-16(3)18-8-10-20(11-9-18)30(5)6/h12-13,16,18,20,28H,7-11,14H2,1-6H3,(H,27,32)(H,29,33). The normalized spacial score (nSPS) is 19.5. The van der Waals surface area contributed by atoms with Crippen LogP contribution in [0.25, 0.3) is 0 Å². The van der Waals surface area contributed by atoms with Gasteiger partial charge in [-0.25, -0.2) is 0 Å². The van der Waals surface area contributed by atoms with E-state index in [4.69, 9.17) is 11.6 Å². The molecule has 33 heavy (non-hydrogen) atoms. The van der Waals surface area contributed by atoms with E-state index in [0.717, 1.165) is 16.9 Å². The van der Waals surface area contributed by atoms with E-state index in [1.54, 1.807) is 10.7 Å². The molecule has 1 amide bonds. The number of amides is 1. The van der Waals surface area contributed by atoms with Crippen LogP contribution in [-0.2, 0) is 13.1 Å². The Morgan fingerprint density at radius 2 is 1.91 bits per heavy atom. The Kier molecular flexibility index (Phi) is 8.29. The number of H-pyrrole nitrogens is 1. The predicted molar refractivity (Wildman–Crippen MR) is 135 cm³/mol. The third-order valence-corrected chi connectivity index (χ3v) is 7.49. The maximum Gasteiger partial charge on any atom is 0.269 e. The van der Waals surface area contributed by atoms with Crippen LogP contribution < -0.4 is 16.2 Å². The highest BCUT2D eigenvalue weighted by atomic mass is 35.5. The Morgan fingerprint density at radius 1 is 1.24 bits per heavy atom. The third kappa shape index (κ3) is 5.82. The van der Waals surface area contributed by atoms with E-state index in [1.165, 1.54) is 25.7 Å². The number of anilines is 1. The van der Waals surface area contributed by atoms with E-state index in [9.17, 15) is 9.59 Å². The van der Waals surface area contributed by atoms with Crippen molar-refractivity contribution in [1.82, 2.24) is 20.0 Å². The molecule has 0 aliphatic heterocycles. The van der Waals surface area contributed by atoms with Crippen LogP contribution in [0.2, 0.25) is 5.02 Å². The monoisotopic (exact) mass is 475 g/mol. The summed E-state index contributed by atoms with van der Waals surface area (Å²) in [6.07, 6.45) is 4.80. The lowest BCUT2D eigenvalue weighted by molar-refractivity contribution is 0.0950. The van der Waals surface area contributed by atoms with E-state index in [2.05, 4.69) is 41.7 Å². The Morgan fingerprint density at radius 3 is 2.48 bits per heavy atom. The molecule has 1 fully saturated rings. The van der Waals surface area contributed by atoms with Crippen LogP contribution >= 0.6 is 11.6 Å². The van der Waals surface area contributed by atoms with Gasteiger partial charge in [-0.15, -0.1) is 0 Å². The van der Waals surface area contributed by atoms with Gasteiger partial charge in [-0.2, -0.15) is 0 Å². The van der Waals surface area contributed by atoms with Crippen LogP contribution in [0.3, 0.4) is 0 Å². The number of aromatic amines is 1. The first-order valence-electron chi connectivity index (χ1n) is 11.9. The van der Waals surface area contributed by atoms with Crippen LogP contribution in [0, 0.1) is 19.8 Å². The van der Waals surface area contributed by atoms with E-state index < -0.39 is 0 Å². The first-order valence-corrected chi connectivity index (χ1v) is 12.3. The smallest absolute Gasteiger partial charge is 0.269 e. The number of hydrogen-bond donors (Lipinski definition) is 3. The zero-order valence-corrected chi connectivity index (χ0v) is 21.5. The Bertz CT molecular complexity index is 1030. The molecule has 1 saturated carbocycles. The number of hydrogen-bond acceptors (Lipinski definition) is 4. The van der Waals surface area contributed by atoms with Gasteiger partial charge in [0, 0.05) is 40.6 Å². The van der Waals surface area contributed by atoms with Crippen LogP contribution in [0.4, 0.5) is 5.69 Å². The molecule has 3 N–H and O–H groups in total. The SMILES string of the molecule is CCn1[nH]c(=O)c(CNC(=O)c2cc(Cl)cc(NC(C)C3CCC(N(C)C)CC3)c2C)c1C. The number of rotatable bonds is 8. The average molecular weight is 476 g/mol. The van der Waals surface area contributed by atoms with Crippen LogP contribution in [-0.4, -0.2) is 46.8 Å². The van der Waals surface area contributed by atoms with Crippen LogP contribution in [0.15, 0.2) is 16.9 Å². The van der Waals surface area contributed by atoms with Crippen molar-refractivity contribution in [3.63, 3.8) is 0 Å². The molecule has 1 aromatic carbocycles. The van der Waals surface area contributed by atoms with E-state index >= 15 is 0 Å². The molecule has 3 rings (SSSR count). The lowest BCUT2D eigenvalue weighted by Gasteiger charge is -2.36. The van der Waals surface area contributed by atoms with Crippen molar-refractivity contribution in [2.45, 2.75) is 78.6 Å². The highest BCUT2D eigenvalue weighted by Crippen LogP contribution is 2.32. The quantitative estimate of drug-likeness (QED) is 0.531. The summed E-state index contributed by atoms with van der Waals surface area (Å²) in [7, 11) is 4.32. The van der Waals surface area contributed by atoms with E-state index in [-0.39, 0.29) is 24.1 Å². The van der Waals surface area contributed by atoms with Crippen molar-refractivity contribution in [2.24, 2.45) is 5.92 Å². The van der Waals surface area contributed by atoms with Gasteiger partial charge in [0.1, 0.15) is 0 Å². The molecule has 8 heteroatoms. The van der Waals surface area contributed by atoms with Crippen molar-refractivity contribution < 1.29 is 4.79 Å². The lowest BCUT2D eigenvalue weighted by Crippen LogP contribution is -2.36. The summed E-state index contributed by atoms with van der Waals surface area (Å²) < 4.78 is 1.78. The Balaban J connectivity index is 1.69. The highest BCUT2D eigenvalue weighted by Gasteiger charge is 2.27. The molecule has 2 aromatic rings. The maximum absolute atomic E-state index is 13.0. The number of aryl methyl sites for hydroxylation is 1.